The van der Waals surface area contributed by atoms with Gasteiger partial charge in [-0.2, -0.15) is 0 Å². The summed E-state index contributed by atoms with van der Waals surface area (Å²) in [7, 11) is 0. The number of carboxylic acids is 1. The Kier molecular flexibility index (Phi) is 4.15. The lowest BCUT2D eigenvalue weighted by molar-refractivity contribution is -0.136. The number of hydrogen-bond acceptors (Lipinski definition) is 2. The smallest absolute Gasteiger partial charge is 0.303 e. The lowest BCUT2D eigenvalue weighted by Crippen LogP contribution is -2.26. The van der Waals surface area contributed by atoms with Crippen molar-refractivity contribution in [2.75, 3.05) is 13.1 Å². The number of carbonyl (C=O) groups is 1. The Hall–Kier alpha value is -1.35. The summed E-state index contributed by atoms with van der Waals surface area (Å²) in [4.78, 5) is 10.6. The quantitative estimate of drug-likeness (QED) is 0.838. The van der Waals surface area contributed by atoms with Crippen LogP contribution in [0.1, 0.15) is 36.3 Å². The summed E-state index contributed by atoms with van der Waals surface area (Å²) in [5.74, 6) is -0.0849. The number of carboxylic acid groups (broad SMARTS) is 1. The van der Waals surface area contributed by atoms with Crippen LogP contribution in [0.15, 0.2) is 24.3 Å². The van der Waals surface area contributed by atoms with Gasteiger partial charge in [-0.3, -0.25) is 4.79 Å². The van der Waals surface area contributed by atoms with Crippen molar-refractivity contribution in [3.63, 3.8) is 0 Å². The molecule has 0 amide bonds. The van der Waals surface area contributed by atoms with Crippen molar-refractivity contribution in [3.05, 3.63) is 35.4 Å². The van der Waals surface area contributed by atoms with E-state index in [1.807, 2.05) is 6.07 Å². The van der Waals surface area contributed by atoms with Gasteiger partial charge in [0.25, 0.3) is 0 Å². The monoisotopic (exact) mass is 233 g/mol. The maximum atomic E-state index is 10.6. The van der Waals surface area contributed by atoms with E-state index in [1.54, 1.807) is 0 Å². The van der Waals surface area contributed by atoms with Crippen molar-refractivity contribution in [1.29, 1.82) is 0 Å². The molecule has 1 aromatic rings. The van der Waals surface area contributed by atoms with Crippen molar-refractivity contribution in [2.45, 2.75) is 31.6 Å². The number of aliphatic carboxylic acids is 1. The molecule has 3 nitrogen and oxygen atoms in total. The molecule has 0 aromatic heterocycles. The molecule has 2 rings (SSSR count). The predicted octanol–water partition coefficient (Wildman–Crippen LogP) is 2.17. The maximum absolute atomic E-state index is 10.6. The Morgan fingerprint density at radius 1 is 1.35 bits per heavy atom. The second-order valence-corrected chi connectivity index (χ2v) is 4.66. The first-order valence-corrected chi connectivity index (χ1v) is 6.27. The first kappa shape index (κ1) is 12.1. The predicted molar refractivity (Wildman–Crippen MR) is 67.2 cm³/mol. The van der Waals surface area contributed by atoms with Crippen LogP contribution in [0.25, 0.3) is 0 Å². The van der Waals surface area contributed by atoms with Gasteiger partial charge in [0.1, 0.15) is 0 Å². The van der Waals surface area contributed by atoms with E-state index in [0.29, 0.717) is 12.3 Å². The average molecular weight is 233 g/mol. The Balaban J connectivity index is 2.02. The Labute approximate surface area is 102 Å². The molecule has 1 fully saturated rings. The third-order valence-corrected chi connectivity index (χ3v) is 3.39. The molecule has 0 aliphatic carbocycles. The minimum atomic E-state index is -0.725. The van der Waals surface area contributed by atoms with Crippen LogP contribution in [0.4, 0.5) is 0 Å². The van der Waals surface area contributed by atoms with Crippen molar-refractivity contribution in [3.8, 4) is 0 Å². The SMILES string of the molecule is O=C(O)CCc1cccc(C2CCNCC2)c1. The standard InChI is InChI=1S/C14H19NO2/c16-14(17)5-4-11-2-1-3-13(10-11)12-6-8-15-9-7-12/h1-3,10,12,15H,4-9H2,(H,16,17). The third-order valence-electron chi connectivity index (χ3n) is 3.39. The van der Waals surface area contributed by atoms with Gasteiger partial charge in [-0.1, -0.05) is 24.3 Å². The van der Waals surface area contributed by atoms with Gasteiger partial charge in [0.05, 0.1) is 0 Å². The summed E-state index contributed by atoms with van der Waals surface area (Å²) >= 11 is 0. The molecule has 1 aliphatic heterocycles. The molecule has 0 bridgehead atoms. The summed E-state index contributed by atoms with van der Waals surface area (Å²) in [5, 5.41) is 12.0. The summed E-state index contributed by atoms with van der Waals surface area (Å²) in [6.07, 6.45) is 3.22. The highest BCUT2D eigenvalue weighted by atomic mass is 16.4. The number of piperidine rings is 1. The minimum Gasteiger partial charge on any atom is -0.481 e. The molecule has 0 atom stereocenters. The van der Waals surface area contributed by atoms with Crippen molar-refractivity contribution in [2.24, 2.45) is 0 Å². The van der Waals surface area contributed by atoms with E-state index in [2.05, 4.69) is 23.5 Å². The van der Waals surface area contributed by atoms with E-state index in [0.717, 1.165) is 18.7 Å². The van der Waals surface area contributed by atoms with Gasteiger partial charge >= 0.3 is 5.97 Å². The van der Waals surface area contributed by atoms with Crippen molar-refractivity contribution < 1.29 is 9.90 Å². The zero-order chi connectivity index (χ0) is 12.1. The molecule has 0 unspecified atom stereocenters. The molecule has 1 aliphatic rings. The topological polar surface area (TPSA) is 49.3 Å². The molecule has 1 aromatic carbocycles. The fraction of sp³-hybridized carbons (Fsp3) is 0.500. The molecule has 0 saturated carbocycles. The van der Waals surface area contributed by atoms with Gasteiger partial charge < -0.3 is 10.4 Å². The van der Waals surface area contributed by atoms with E-state index in [1.165, 1.54) is 18.4 Å². The molecule has 17 heavy (non-hydrogen) atoms. The molecule has 1 saturated heterocycles. The number of aryl methyl sites for hydroxylation is 1. The second-order valence-electron chi connectivity index (χ2n) is 4.66. The molecular weight excluding hydrogens is 214 g/mol. The van der Waals surface area contributed by atoms with E-state index >= 15 is 0 Å². The van der Waals surface area contributed by atoms with Gasteiger partial charge in [0.15, 0.2) is 0 Å². The van der Waals surface area contributed by atoms with Crippen LogP contribution in [0.2, 0.25) is 0 Å². The Morgan fingerprint density at radius 2 is 2.12 bits per heavy atom. The van der Waals surface area contributed by atoms with Crippen LogP contribution in [0, 0.1) is 0 Å². The Morgan fingerprint density at radius 3 is 2.82 bits per heavy atom. The summed E-state index contributed by atoms with van der Waals surface area (Å²) in [5.41, 5.74) is 2.51. The highest BCUT2D eigenvalue weighted by Crippen LogP contribution is 2.25. The number of benzene rings is 1. The van der Waals surface area contributed by atoms with Crippen LogP contribution in [-0.4, -0.2) is 24.2 Å². The van der Waals surface area contributed by atoms with Gasteiger partial charge in [-0.15, -0.1) is 0 Å². The maximum Gasteiger partial charge on any atom is 0.303 e. The third kappa shape index (κ3) is 3.56. The average Bonchev–Trinajstić information content (AvgIpc) is 2.38. The zero-order valence-electron chi connectivity index (χ0n) is 9.98. The molecule has 0 radical (unpaired) electrons. The highest BCUT2D eigenvalue weighted by molar-refractivity contribution is 5.67. The number of nitrogens with one attached hydrogen (secondary N) is 1. The molecule has 2 N–H and O–H groups in total. The van der Waals surface area contributed by atoms with Gasteiger partial charge in [0.2, 0.25) is 0 Å². The lowest BCUT2D eigenvalue weighted by Gasteiger charge is -2.23. The molecule has 92 valence electrons. The van der Waals surface area contributed by atoms with Gasteiger partial charge in [-0.25, -0.2) is 0 Å². The first-order chi connectivity index (χ1) is 8.25. The van der Waals surface area contributed by atoms with E-state index in [4.69, 9.17) is 5.11 Å². The van der Waals surface area contributed by atoms with Gasteiger partial charge in [-0.05, 0) is 49.4 Å². The molecule has 3 heteroatoms. The molecule has 0 spiro atoms. The summed E-state index contributed by atoms with van der Waals surface area (Å²) < 4.78 is 0. The van der Waals surface area contributed by atoms with Crippen LogP contribution < -0.4 is 5.32 Å². The van der Waals surface area contributed by atoms with Crippen molar-refractivity contribution >= 4 is 5.97 Å². The normalized spacial score (nSPS) is 16.9. The van der Waals surface area contributed by atoms with Crippen LogP contribution in [-0.2, 0) is 11.2 Å². The van der Waals surface area contributed by atoms with Crippen LogP contribution in [0.3, 0.4) is 0 Å². The van der Waals surface area contributed by atoms with Gasteiger partial charge in [0, 0.05) is 6.42 Å². The molecule has 1 heterocycles. The van der Waals surface area contributed by atoms with E-state index < -0.39 is 5.97 Å². The summed E-state index contributed by atoms with van der Waals surface area (Å²) in [6.45, 7) is 2.17. The number of hydrogen-bond donors (Lipinski definition) is 2. The highest BCUT2D eigenvalue weighted by Gasteiger charge is 2.15. The fourth-order valence-electron chi connectivity index (χ4n) is 2.41. The van der Waals surface area contributed by atoms with E-state index in [-0.39, 0.29) is 6.42 Å². The van der Waals surface area contributed by atoms with E-state index in [9.17, 15) is 4.79 Å². The zero-order valence-corrected chi connectivity index (χ0v) is 9.98. The Bertz CT molecular complexity index is 384. The second kappa shape index (κ2) is 5.82. The van der Waals surface area contributed by atoms with Crippen molar-refractivity contribution in [1.82, 2.24) is 5.32 Å². The first-order valence-electron chi connectivity index (χ1n) is 6.27. The van der Waals surface area contributed by atoms with Crippen LogP contribution in [0.5, 0.6) is 0 Å². The molecular formula is C14H19NO2. The minimum absolute atomic E-state index is 0.218. The largest absolute Gasteiger partial charge is 0.481 e. The summed E-state index contributed by atoms with van der Waals surface area (Å²) in [6, 6.07) is 8.42. The lowest BCUT2D eigenvalue weighted by atomic mass is 9.89. The number of rotatable bonds is 4. The van der Waals surface area contributed by atoms with Crippen LogP contribution >= 0.6 is 0 Å². The fourth-order valence-corrected chi connectivity index (χ4v) is 2.41.